The van der Waals surface area contributed by atoms with Crippen molar-refractivity contribution in [1.29, 1.82) is 0 Å². The first-order chi connectivity index (χ1) is 8.82. The lowest BCUT2D eigenvalue weighted by atomic mass is 9.96. The SMILES string of the molecule is Cc1noc(C)c1CC(=O)NCC(C(=O)O)C(C)C. The van der Waals surface area contributed by atoms with Crippen LogP contribution in [0.2, 0.25) is 0 Å². The molecular formula is C13H20N2O4. The molecular weight excluding hydrogens is 248 g/mol. The number of carbonyl (C=O) groups is 2. The summed E-state index contributed by atoms with van der Waals surface area (Å²) in [6, 6.07) is 0. The number of nitrogens with one attached hydrogen (secondary N) is 1. The number of rotatable bonds is 6. The van der Waals surface area contributed by atoms with Crippen LogP contribution in [-0.4, -0.2) is 28.7 Å². The lowest BCUT2D eigenvalue weighted by Gasteiger charge is -2.16. The summed E-state index contributed by atoms with van der Waals surface area (Å²) in [5.41, 5.74) is 1.44. The highest BCUT2D eigenvalue weighted by Crippen LogP contribution is 2.13. The van der Waals surface area contributed by atoms with Crippen molar-refractivity contribution in [2.45, 2.75) is 34.1 Å². The Labute approximate surface area is 112 Å². The van der Waals surface area contributed by atoms with Gasteiger partial charge in [-0.15, -0.1) is 0 Å². The quantitative estimate of drug-likeness (QED) is 0.811. The molecule has 0 fully saturated rings. The predicted octanol–water partition coefficient (Wildman–Crippen LogP) is 1.31. The van der Waals surface area contributed by atoms with Crippen LogP contribution in [-0.2, 0) is 16.0 Å². The third kappa shape index (κ3) is 4.08. The summed E-state index contributed by atoms with van der Waals surface area (Å²) in [4.78, 5) is 22.8. The van der Waals surface area contributed by atoms with Crippen molar-refractivity contribution in [2.75, 3.05) is 6.54 Å². The molecule has 0 spiro atoms. The molecule has 0 saturated carbocycles. The van der Waals surface area contributed by atoms with E-state index in [1.807, 2.05) is 13.8 Å². The van der Waals surface area contributed by atoms with Gasteiger partial charge in [-0.25, -0.2) is 0 Å². The highest BCUT2D eigenvalue weighted by Gasteiger charge is 2.22. The number of aryl methyl sites for hydroxylation is 2. The largest absolute Gasteiger partial charge is 0.481 e. The second-order valence-electron chi connectivity index (χ2n) is 4.97. The molecule has 2 N–H and O–H groups in total. The number of nitrogens with zero attached hydrogens (tertiary/aromatic N) is 1. The lowest BCUT2D eigenvalue weighted by Crippen LogP contribution is -2.36. The van der Waals surface area contributed by atoms with Crippen LogP contribution in [0.1, 0.15) is 30.9 Å². The van der Waals surface area contributed by atoms with Crippen LogP contribution in [0.3, 0.4) is 0 Å². The van der Waals surface area contributed by atoms with E-state index >= 15 is 0 Å². The van der Waals surface area contributed by atoms with Gasteiger partial charge >= 0.3 is 5.97 Å². The molecule has 1 aromatic heterocycles. The zero-order chi connectivity index (χ0) is 14.6. The van der Waals surface area contributed by atoms with Gasteiger partial charge in [-0.05, 0) is 19.8 Å². The Balaban J connectivity index is 2.55. The highest BCUT2D eigenvalue weighted by molar-refractivity contribution is 5.80. The van der Waals surface area contributed by atoms with Crippen molar-refractivity contribution in [3.8, 4) is 0 Å². The molecule has 6 nitrogen and oxygen atoms in total. The summed E-state index contributed by atoms with van der Waals surface area (Å²) in [5.74, 6) is -1.11. The molecule has 0 radical (unpaired) electrons. The monoisotopic (exact) mass is 268 g/mol. The van der Waals surface area contributed by atoms with Gasteiger partial charge in [-0.3, -0.25) is 9.59 Å². The molecule has 1 unspecified atom stereocenters. The van der Waals surface area contributed by atoms with Crippen LogP contribution < -0.4 is 5.32 Å². The van der Waals surface area contributed by atoms with Gasteiger partial charge in [-0.1, -0.05) is 19.0 Å². The fourth-order valence-corrected chi connectivity index (χ4v) is 1.81. The highest BCUT2D eigenvalue weighted by atomic mass is 16.5. The van der Waals surface area contributed by atoms with E-state index in [-0.39, 0.29) is 24.8 Å². The molecule has 0 aliphatic carbocycles. The summed E-state index contributed by atoms with van der Waals surface area (Å²) < 4.78 is 4.97. The average Bonchev–Trinajstić information content (AvgIpc) is 2.60. The van der Waals surface area contributed by atoms with Crippen LogP contribution in [0.5, 0.6) is 0 Å². The number of carbonyl (C=O) groups excluding carboxylic acids is 1. The molecule has 106 valence electrons. The minimum atomic E-state index is -0.896. The van der Waals surface area contributed by atoms with Gasteiger partial charge in [0.25, 0.3) is 0 Å². The third-order valence-electron chi connectivity index (χ3n) is 3.16. The van der Waals surface area contributed by atoms with Gasteiger partial charge in [0.15, 0.2) is 0 Å². The van der Waals surface area contributed by atoms with Crippen LogP contribution in [0, 0.1) is 25.7 Å². The molecule has 1 amide bonds. The van der Waals surface area contributed by atoms with Gasteiger partial charge in [-0.2, -0.15) is 0 Å². The molecule has 1 aromatic rings. The first-order valence-electron chi connectivity index (χ1n) is 6.24. The maximum absolute atomic E-state index is 11.8. The van der Waals surface area contributed by atoms with E-state index in [0.29, 0.717) is 11.5 Å². The third-order valence-corrected chi connectivity index (χ3v) is 3.16. The number of carboxylic acids is 1. The van der Waals surface area contributed by atoms with Crippen LogP contribution in [0.25, 0.3) is 0 Å². The second kappa shape index (κ2) is 6.36. The molecule has 19 heavy (non-hydrogen) atoms. The molecule has 0 bridgehead atoms. The molecule has 1 rings (SSSR count). The van der Waals surface area contributed by atoms with Crippen LogP contribution >= 0.6 is 0 Å². The van der Waals surface area contributed by atoms with Gasteiger partial charge in [0, 0.05) is 12.1 Å². The van der Waals surface area contributed by atoms with Gasteiger partial charge in [0.2, 0.25) is 5.91 Å². The summed E-state index contributed by atoms with van der Waals surface area (Å²) in [6.07, 6.45) is 0.158. The Bertz CT molecular complexity index is 446. The van der Waals surface area contributed by atoms with Gasteiger partial charge in [0.1, 0.15) is 5.76 Å². The zero-order valence-electron chi connectivity index (χ0n) is 11.7. The molecule has 0 saturated heterocycles. The van der Waals surface area contributed by atoms with Crippen LogP contribution in [0.15, 0.2) is 4.52 Å². The van der Waals surface area contributed by atoms with E-state index in [9.17, 15) is 9.59 Å². The maximum atomic E-state index is 11.8. The molecule has 0 aromatic carbocycles. The van der Waals surface area contributed by atoms with Crippen molar-refractivity contribution in [3.05, 3.63) is 17.0 Å². The first-order valence-corrected chi connectivity index (χ1v) is 6.24. The number of aromatic nitrogens is 1. The minimum Gasteiger partial charge on any atom is -0.481 e. The van der Waals surface area contributed by atoms with Crippen molar-refractivity contribution in [2.24, 2.45) is 11.8 Å². The van der Waals surface area contributed by atoms with Gasteiger partial charge < -0.3 is 14.9 Å². The second-order valence-corrected chi connectivity index (χ2v) is 4.97. The van der Waals surface area contributed by atoms with Gasteiger partial charge in [0.05, 0.1) is 18.0 Å². The van der Waals surface area contributed by atoms with E-state index < -0.39 is 11.9 Å². The minimum absolute atomic E-state index is 0.0307. The fraction of sp³-hybridized carbons (Fsp3) is 0.615. The van der Waals surface area contributed by atoms with E-state index in [0.717, 1.165) is 5.56 Å². The first kappa shape index (κ1) is 15.2. The molecule has 6 heteroatoms. The van der Waals surface area contributed by atoms with E-state index in [1.54, 1.807) is 13.8 Å². The Hall–Kier alpha value is -1.85. The Kier molecular flexibility index (Phi) is 5.09. The smallest absolute Gasteiger partial charge is 0.308 e. The average molecular weight is 268 g/mol. The number of hydrogen-bond donors (Lipinski definition) is 2. The molecule has 1 heterocycles. The van der Waals surface area contributed by atoms with E-state index in [2.05, 4.69) is 10.5 Å². The number of aliphatic carboxylic acids is 1. The zero-order valence-corrected chi connectivity index (χ0v) is 11.7. The molecule has 1 atom stereocenters. The number of carboxylic acid groups (broad SMARTS) is 1. The lowest BCUT2D eigenvalue weighted by molar-refractivity contribution is -0.143. The van der Waals surface area contributed by atoms with Crippen LogP contribution in [0.4, 0.5) is 0 Å². The fourth-order valence-electron chi connectivity index (χ4n) is 1.81. The maximum Gasteiger partial charge on any atom is 0.308 e. The Morgan fingerprint density at radius 3 is 2.42 bits per heavy atom. The van der Waals surface area contributed by atoms with Crippen molar-refractivity contribution in [3.63, 3.8) is 0 Å². The summed E-state index contributed by atoms with van der Waals surface area (Å²) in [6.45, 7) is 7.29. The van der Waals surface area contributed by atoms with E-state index in [1.165, 1.54) is 0 Å². The summed E-state index contributed by atoms with van der Waals surface area (Å²) in [5, 5.41) is 15.4. The Morgan fingerprint density at radius 1 is 1.37 bits per heavy atom. The number of hydrogen-bond acceptors (Lipinski definition) is 4. The van der Waals surface area contributed by atoms with Crippen molar-refractivity contribution < 1.29 is 19.2 Å². The number of amides is 1. The topological polar surface area (TPSA) is 92.4 Å². The van der Waals surface area contributed by atoms with Crippen molar-refractivity contribution in [1.82, 2.24) is 10.5 Å². The molecule has 0 aliphatic rings. The Morgan fingerprint density at radius 2 is 2.00 bits per heavy atom. The standard InChI is InChI=1S/C13H20N2O4/c1-7(2)11(13(17)18)6-14-12(16)5-10-8(3)15-19-9(10)4/h7,11H,5-6H2,1-4H3,(H,14,16)(H,17,18). The normalized spacial score (nSPS) is 12.5. The molecule has 0 aliphatic heterocycles. The van der Waals surface area contributed by atoms with E-state index in [4.69, 9.17) is 9.63 Å². The summed E-state index contributed by atoms with van der Waals surface area (Å²) in [7, 11) is 0. The predicted molar refractivity (Wildman–Crippen MR) is 68.7 cm³/mol. The summed E-state index contributed by atoms with van der Waals surface area (Å²) >= 11 is 0. The van der Waals surface area contributed by atoms with Crippen molar-refractivity contribution >= 4 is 11.9 Å².